The lowest BCUT2D eigenvalue weighted by atomic mass is 9.88. The summed E-state index contributed by atoms with van der Waals surface area (Å²) in [6.45, 7) is 1.77. The van der Waals surface area contributed by atoms with Gasteiger partial charge in [0.2, 0.25) is 0 Å². The first-order valence-electron chi connectivity index (χ1n) is 4.31. The van der Waals surface area contributed by atoms with Crippen molar-refractivity contribution < 1.29 is 19.4 Å². The minimum atomic E-state index is -0.812. The van der Waals surface area contributed by atoms with Gasteiger partial charge in [0.15, 0.2) is 0 Å². The Morgan fingerprint density at radius 1 is 1.54 bits per heavy atom. The highest BCUT2D eigenvalue weighted by atomic mass is 16.5. The van der Waals surface area contributed by atoms with Crippen molar-refractivity contribution in [2.45, 2.75) is 26.2 Å². The van der Waals surface area contributed by atoms with Crippen molar-refractivity contribution >= 4 is 11.9 Å². The molecule has 1 saturated carbocycles. The van der Waals surface area contributed by atoms with Crippen LogP contribution < -0.4 is 0 Å². The first kappa shape index (κ1) is 10.0. The zero-order valence-electron chi connectivity index (χ0n) is 7.87. The number of carbonyl (C=O) groups is 2. The quantitative estimate of drug-likeness (QED) is 0.655. The molecule has 0 saturated heterocycles. The zero-order chi connectivity index (χ0) is 10.1. The van der Waals surface area contributed by atoms with Gasteiger partial charge in [-0.2, -0.15) is 0 Å². The fourth-order valence-corrected chi connectivity index (χ4v) is 1.88. The van der Waals surface area contributed by atoms with Gasteiger partial charge in [-0.1, -0.05) is 0 Å². The maximum atomic E-state index is 11.3. The minimum absolute atomic E-state index is 0.295. The molecule has 0 radical (unpaired) electrons. The Balaban J connectivity index is 2.66. The van der Waals surface area contributed by atoms with Crippen LogP contribution in [0, 0.1) is 11.3 Å². The van der Waals surface area contributed by atoms with E-state index in [0.717, 1.165) is 0 Å². The molecule has 74 valence electrons. The van der Waals surface area contributed by atoms with E-state index >= 15 is 0 Å². The van der Waals surface area contributed by atoms with Gasteiger partial charge in [-0.3, -0.25) is 9.59 Å². The van der Waals surface area contributed by atoms with E-state index in [9.17, 15) is 9.59 Å². The van der Waals surface area contributed by atoms with E-state index in [-0.39, 0.29) is 11.9 Å². The summed E-state index contributed by atoms with van der Waals surface area (Å²) in [6, 6.07) is 0. The van der Waals surface area contributed by atoms with Gasteiger partial charge >= 0.3 is 11.9 Å². The molecular weight excluding hydrogens is 172 g/mol. The zero-order valence-corrected chi connectivity index (χ0v) is 7.87. The summed E-state index contributed by atoms with van der Waals surface area (Å²) in [4.78, 5) is 21.9. The van der Waals surface area contributed by atoms with E-state index in [2.05, 4.69) is 4.74 Å². The lowest BCUT2D eigenvalue weighted by Gasteiger charge is -2.19. The van der Waals surface area contributed by atoms with Crippen molar-refractivity contribution in [2.75, 3.05) is 7.11 Å². The fourth-order valence-electron chi connectivity index (χ4n) is 1.88. The third-order valence-corrected chi connectivity index (χ3v) is 2.77. The molecule has 1 unspecified atom stereocenters. The van der Waals surface area contributed by atoms with Crippen LogP contribution in [0.15, 0.2) is 0 Å². The predicted molar refractivity (Wildman–Crippen MR) is 45.1 cm³/mol. The van der Waals surface area contributed by atoms with E-state index < -0.39 is 11.4 Å². The Kier molecular flexibility index (Phi) is 2.59. The van der Waals surface area contributed by atoms with E-state index in [1.165, 1.54) is 7.11 Å². The summed E-state index contributed by atoms with van der Waals surface area (Å²) in [5.41, 5.74) is -0.586. The Morgan fingerprint density at radius 3 is 2.54 bits per heavy atom. The molecule has 1 aliphatic rings. The van der Waals surface area contributed by atoms with Crippen LogP contribution >= 0.6 is 0 Å². The van der Waals surface area contributed by atoms with Gasteiger partial charge in [-0.25, -0.2) is 0 Å². The third kappa shape index (κ3) is 1.82. The van der Waals surface area contributed by atoms with Crippen molar-refractivity contribution in [3.05, 3.63) is 0 Å². The van der Waals surface area contributed by atoms with Crippen molar-refractivity contribution in [2.24, 2.45) is 11.3 Å². The van der Waals surface area contributed by atoms with Gasteiger partial charge in [0, 0.05) is 0 Å². The number of hydrogen-bond donors (Lipinski definition) is 1. The second kappa shape index (κ2) is 3.36. The molecule has 13 heavy (non-hydrogen) atoms. The molecular formula is C9H14O4. The molecule has 0 bridgehead atoms. The number of ether oxygens (including phenoxy) is 1. The molecule has 1 aliphatic carbocycles. The molecule has 0 heterocycles. The molecule has 0 aromatic carbocycles. The molecule has 1 N–H and O–H groups in total. The summed E-state index contributed by atoms with van der Waals surface area (Å²) in [6.07, 6.45) is 1.58. The molecule has 4 nitrogen and oxygen atoms in total. The molecule has 0 aromatic heterocycles. The van der Waals surface area contributed by atoms with Gasteiger partial charge in [0.25, 0.3) is 0 Å². The summed E-state index contributed by atoms with van der Waals surface area (Å²) in [5.74, 6) is -1.49. The number of carboxylic acid groups (broad SMARTS) is 1. The van der Waals surface area contributed by atoms with Gasteiger partial charge in [-0.05, 0) is 26.2 Å². The lowest BCUT2D eigenvalue weighted by Crippen LogP contribution is -2.26. The number of methoxy groups -OCH3 is 1. The van der Waals surface area contributed by atoms with Gasteiger partial charge < -0.3 is 9.84 Å². The topological polar surface area (TPSA) is 63.6 Å². The van der Waals surface area contributed by atoms with E-state index in [4.69, 9.17) is 5.11 Å². The monoisotopic (exact) mass is 186 g/mol. The third-order valence-electron chi connectivity index (χ3n) is 2.77. The first-order valence-corrected chi connectivity index (χ1v) is 4.31. The summed E-state index contributed by atoms with van der Waals surface area (Å²) in [7, 11) is 1.33. The molecule has 0 aliphatic heterocycles. The SMILES string of the molecule is COC(=O)[C@@]1(C)CCC(C(=O)O)C1. The number of rotatable bonds is 2. The van der Waals surface area contributed by atoms with E-state index in [1.807, 2.05) is 0 Å². The van der Waals surface area contributed by atoms with Crippen LogP contribution in [0.4, 0.5) is 0 Å². The molecule has 4 heteroatoms. The maximum Gasteiger partial charge on any atom is 0.311 e. The normalized spacial score (nSPS) is 32.9. The summed E-state index contributed by atoms with van der Waals surface area (Å²) in [5, 5.41) is 8.75. The average Bonchev–Trinajstić information content (AvgIpc) is 2.48. The standard InChI is InChI=1S/C9H14O4/c1-9(8(12)13-2)4-3-6(5-9)7(10)11/h6H,3-5H2,1-2H3,(H,10,11)/t6?,9-/m0/s1. The van der Waals surface area contributed by atoms with Gasteiger partial charge in [0.05, 0.1) is 18.4 Å². The van der Waals surface area contributed by atoms with Crippen molar-refractivity contribution in [3.8, 4) is 0 Å². The highest BCUT2D eigenvalue weighted by Gasteiger charge is 2.44. The van der Waals surface area contributed by atoms with Crippen LogP contribution in [0.3, 0.4) is 0 Å². The molecule has 0 amide bonds. The molecule has 1 fully saturated rings. The Morgan fingerprint density at radius 2 is 2.15 bits per heavy atom. The number of hydrogen-bond acceptors (Lipinski definition) is 3. The number of carboxylic acids is 1. The van der Waals surface area contributed by atoms with E-state index in [1.54, 1.807) is 6.92 Å². The summed E-state index contributed by atoms with van der Waals surface area (Å²) >= 11 is 0. The summed E-state index contributed by atoms with van der Waals surface area (Å²) < 4.78 is 4.63. The minimum Gasteiger partial charge on any atom is -0.481 e. The van der Waals surface area contributed by atoms with Crippen LogP contribution in [-0.2, 0) is 14.3 Å². The Labute approximate surface area is 76.9 Å². The number of aliphatic carboxylic acids is 1. The lowest BCUT2D eigenvalue weighted by molar-refractivity contribution is -0.152. The molecule has 0 aromatic rings. The van der Waals surface area contributed by atoms with E-state index in [0.29, 0.717) is 19.3 Å². The number of esters is 1. The van der Waals surface area contributed by atoms with Crippen LogP contribution in [0.2, 0.25) is 0 Å². The fraction of sp³-hybridized carbons (Fsp3) is 0.778. The van der Waals surface area contributed by atoms with Crippen LogP contribution in [0.5, 0.6) is 0 Å². The molecule has 0 spiro atoms. The van der Waals surface area contributed by atoms with Crippen molar-refractivity contribution in [1.29, 1.82) is 0 Å². The molecule has 2 atom stereocenters. The highest BCUT2D eigenvalue weighted by molar-refractivity contribution is 5.79. The largest absolute Gasteiger partial charge is 0.481 e. The Hall–Kier alpha value is -1.06. The highest BCUT2D eigenvalue weighted by Crippen LogP contribution is 2.42. The van der Waals surface area contributed by atoms with Crippen LogP contribution in [0.1, 0.15) is 26.2 Å². The predicted octanol–water partition coefficient (Wildman–Crippen LogP) is 1.05. The Bertz CT molecular complexity index is 236. The maximum absolute atomic E-state index is 11.3. The molecule has 1 rings (SSSR count). The smallest absolute Gasteiger partial charge is 0.311 e. The second-order valence-electron chi connectivity index (χ2n) is 3.83. The average molecular weight is 186 g/mol. The van der Waals surface area contributed by atoms with Crippen molar-refractivity contribution in [3.63, 3.8) is 0 Å². The van der Waals surface area contributed by atoms with Crippen LogP contribution in [0.25, 0.3) is 0 Å². The number of carbonyl (C=O) groups excluding carboxylic acids is 1. The van der Waals surface area contributed by atoms with Crippen LogP contribution in [-0.4, -0.2) is 24.2 Å². The van der Waals surface area contributed by atoms with Gasteiger partial charge in [0.1, 0.15) is 0 Å². The first-order chi connectivity index (χ1) is 5.99. The van der Waals surface area contributed by atoms with Crippen molar-refractivity contribution in [1.82, 2.24) is 0 Å². The second-order valence-corrected chi connectivity index (χ2v) is 3.83. The van der Waals surface area contributed by atoms with Gasteiger partial charge in [-0.15, -0.1) is 0 Å².